The smallest absolute Gasteiger partial charge is 0.251 e. The lowest BCUT2D eigenvalue weighted by atomic mass is 9.89. The summed E-state index contributed by atoms with van der Waals surface area (Å²) in [4.78, 5) is 24.4. The van der Waals surface area contributed by atoms with Crippen molar-refractivity contribution in [3.63, 3.8) is 0 Å². The lowest BCUT2D eigenvalue weighted by Gasteiger charge is -2.37. The van der Waals surface area contributed by atoms with Crippen LogP contribution in [-0.4, -0.2) is 23.6 Å². The van der Waals surface area contributed by atoms with E-state index in [2.05, 4.69) is 19.3 Å². The Hall–Kier alpha value is -2.21. The lowest BCUT2D eigenvalue weighted by Crippen LogP contribution is -2.54. The molecule has 0 bridgehead atoms. The Morgan fingerprint density at radius 2 is 1.70 bits per heavy atom. The van der Waals surface area contributed by atoms with Crippen molar-refractivity contribution in [3.05, 3.63) is 71.8 Å². The summed E-state index contributed by atoms with van der Waals surface area (Å²) in [6, 6.07) is 19.7. The van der Waals surface area contributed by atoms with Crippen LogP contribution in [0.1, 0.15) is 31.4 Å². The average Bonchev–Trinajstić information content (AvgIpc) is 2.68. The van der Waals surface area contributed by atoms with Crippen LogP contribution in [0.4, 0.5) is 0 Å². The minimum absolute atomic E-state index is 0.0135. The molecular weight excluding hydrogens is 340 g/mol. The Balaban J connectivity index is 1.60. The molecule has 2 aromatic carbocycles. The second-order valence-corrected chi connectivity index (χ2v) is 7.39. The van der Waals surface area contributed by atoms with Gasteiger partial charge in [0.1, 0.15) is 0 Å². The van der Waals surface area contributed by atoms with Crippen molar-refractivity contribution in [1.82, 2.24) is 10.5 Å². The molecule has 2 atom stereocenters. The molecule has 1 aliphatic rings. The molecule has 0 unspecified atom stereocenters. The summed E-state index contributed by atoms with van der Waals surface area (Å²) in [5.74, 6) is 0.256. The van der Waals surface area contributed by atoms with E-state index in [1.165, 1.54) is 5.06 Å². The molecule has 2 aromatic rings. The normalized spacial score (nSPS) is 20.3. The maximum absolute atomic E-state index is 13.0. The van der Waals surface area contributed by atoms with E-state index in [1.807, 2.05) is 60.7 Å². The highest BCUT2D eigenvalue weighted by atomic mass is 16.7. The Labute approximate surface area is 161 Å². The highest BCUT2D eigenvalue weighted by molar-refractivity contribution is 5.79. The lowest BCUT2D eigenvalue weighted by molar-refractivity contribution is -0.224. The number of hydrogen-bond acceptors (Lipinski definition) is 4. The van der Waals surface area contributed by atoms with Crippen molar-refractivity contribution < 1.29 is 14.5 Å². The molecule has 27 heavy (non-hydrogen) atoms. The van der Waals surface area contributed by atoms with Crippen LogP contribution in [0.15, 0.2) is 60.7 Å². The molecule has 1 heterocycles. The Kier molecular flexibility index (Phi) is 6.98. The fourth-order valence-corrected chi connectivity index (χ4v) is 3.28. The molecular formula is C22H28N2O3. The number of nitrogens with one attached hydrogen (secondary N) is 1. The molecule has 3 rings (SSSR count). The van der Waals surface area contributed by atoms with Gasteiger partial charge >= 0.3 is 0 Å². The number of rotatable bonds is 8. The van der Waals surface area contributed by atoms with Crippen LogP contribution in [0.25, 0.3) is 0 Å². The molecule has 0 aliphatic carbocycles. The van der Waals surface area contributed by atoms with E-state index in [0.29, 0.717) is 25.7 Å². The van der Waals surface area contributed by atoms with Gasteiger partial charge in [-0.25, -0.2) is 5.06 Å². The third-order valence-electron chi connectivity index (χ3n) is 4.67. The first-order valence-corrected chi connectivity index (χ1v) is 9.53. The third-order valence-corrected chi connectivity index (χ3v) is 4.67. The largest absolute Gasteiger partial charge is 0.297 e. The van der Waals surface area contributed by atoms with Crippen LogP contribution in [-0.2, 0) is 27.6 Å². The van der Waals surface area contributed by atoms with Gasteiger partial charge in [0.15, 0.2) is 0 Å². The monoisotopic (exact) mass is 368 g/mol. The molecule has 1 N–H and O–H groups in total. The standard InChI is InChI=1S/C22H28N2O3/c1-17(2)13-20-21(23-26-15-19-11-7-4-8-12-19)16-27-24(22(20)25)14-18-9-5-3-6-10-18/h3-12,17,20-21,23H,13-16H2,1-2H3/t20-,21-/m0/s1. The van der Waals surface area contributed by atoms with Gasteiger partial charge in [0, 0.05) is 0 Å². The minimum Gasteiger partial charge on any atom is -0.297 e. The van der Waals surface area contributed by atoms with Gasteiger partial charge in [0.25, 0.3) is 5.91 Å². The fourth-order valence-electron chi connectivity index (χ4n) is 3.28. The first-order valence-electron chi connectivity index (χ1n) is 9.53. The second kappa shape index (κ2) is 9.65. The van der Waals surface area contributed by atoms with Gasteiger partial charge < -0.3 is 0 Å². The average molecular weight is 368 g/mol. The predicted octanol–water partition coefficient (Wildman–Crippen LogP) is 3.71. The molecule has 1 amide bonds. The van der Waals surface area contributed by atoms with Crippen molar-refractivity contribution in [2.45, 2.75) is 39.5 Å². The Bertz CT molecular complexity index is 706. The van der Waals surface area contributed by atoms with Crippen molar-refractivity contribution in [2.75, 3.05) is 6.61 Å². The Morgan fingerprint density at radius 3 is 2.33 bits per heavy atom. The van der Waals surface area contributed by atoms with Gasteiger partial charge in [-0.15, -0.1) is 0 Å². The number of hydroxylamine groups is 3. The molecule has 0 spiro atoms. The third kappa shape index (κ3) is 5.63. The van der Waals surface area contributed by atoms with Gasteiger partial charge in [-0.3, -0.25) is 14.5 Å². The molecule has 5 nitrogen and oxygen atoms in total. The summed E-state index contributed by atoms with van der Waals surface area (Å²) in [6.45, 7) is 5.59. The molecule has 0 saturated carbocycles. The topological polar surface area (TPSA) is 50.8 Å². The zero-order valence-corrected chi connectivity index (χ0v) is 16.0. The number of amides is 1. The second-order valence-electron chi connectivity index (χ2n) is 7.39. The van der Waals surface area contributed by atoms with Crippen LogP contribution < -0.4 is 5.48 Å². The van der Waals surface area contributed by atoms with Crippen LogP contribution in [0, 0.1) is 11.8 Å². The van der Waals surface area contributed by atoms with Gasteiger partial charge in [-0.1, -0.05) is 74.5 Å². The van der Waals surface area contributed by atoms with Crippen LogP contribution in [0.5, 0.6) is 0 Å². The van der Waals surface area contributed by atoms with E-state index in [0.717, 1.165) is 17.5 Å². The van der Waals surface area contributed by atoms with Gasteiger partial charge in [-0.2, -0.15) is 5.48 Å². The fraction of sp³-hybridized carbons (Fsp3) is 0.409. The van der Waals surface area contributed by atoms with Gasteiger partial charge in [0.05, 0.1) is 31.7 Å². The molecule has 1 saturated heterocycles. The zero-order chi connectivity index (χ0) is 19.1. The number of hydrogen-bond donors (Lipinski definition) is 1. The summed E-state index contributed by atoms with van der Waals surface area (Å²) < 4.78 is 0. The highest BCUT2D eigenvalue weighted by Crippen LogP contribution is 2.25. The summed E-state index contributed by atoms with van der Waals surface area (Å²) in [5.41, 5.74) is 5.21. The number of benzene rings is 2. The van der Waals surface area contributed by atoms with Crippen LogP contribution in [0.3, 0.4) is 0 Å². The predicted molar refractivity (Wildman–Crippen MR) is 104 cm³/mol. The minimum atomic E-state index is -0.168. The number of carbonyl (C=O) groups is 1. The van der Waals surface area contributed by atoms with Crippen molar-refractivity contribution >= 4 is 5.91 Å². The maximum Gasteiger partial charge on any atom is 0.251 e. The zero-order valence-electron chi connectivity index (χ0n) is 16.0. The summed E-state index contributed by atoms with van der Waals surface area (Å²) in [7, 11) is 0. The van der Waals surface area contributed by atoms with E-state index < -0.39 is 0 Å². The van der Waals surface area contributed by atoms with E-state index in [1.54, 1.807) is 0 Å². The first kappa shape index (κ1) is 19.5. The maximum atomic E-state index is 13.0. The van der Waals surface area contributed by atoms with E-state index in [-0.39, 0.29) is 17.9 Å². The first-order chi connectivity index (χ1) is 13.1. The van der Waals surface area contributed by atoms with E-state index >= 15 is 0 Å². The summed E-state index contributed by atoms with van der Waals surface area (Å²) in [5, 5.41) is 1.50. The Morgan fingerprint density at radius 1 is 1.07 bits per heavy atom. The van der Waals surface area contributed by atoms with Crippen molar-refractivity contribution in [1.29, 1.82) is 0 Å². The quantitative estimate of drug-likeness (QED) is 0.722. The van der Waals surface area contributed by atoms with E-state index in [9.17, 15) is 4.79 Å². The van der Waals surface area contributed by atoms with Crippen molar-refractivity contribution in [3.8, 4) is 0 Å². The molecule has 0 radical (unpaired) electrons. The van der Waals surface area contributed by atoms with Crippen LogP contribution in [0.2, 0.25) is 0 Å². The molecule has 5 heteroatoms. The van der Waals surface area contributed by atoms with Crippen molar-refractivity contribution in [2.24, 2.45) is 11.8 Å². The van der Waals surface area contributed by atoms with Gasteiger partial charge in [-0.05, 0) is 23.5 Å². The number of carbonyl (C=O) groups excluding carboxylic acids is 1. The molecule has 144 valence electrons. The SMILES string of the molecule is CC(C)C[C@@H]1C(=O)N(Cc2ccccc2)OC[C@@H]1NOCc1ccccc1. The molecule has 1 fully saturated rings. The molecule has 1 aliphatic heterocycles. The molecule has 0 aromatic heterocycles. The number of nitrogens with zero attached hydrogens (tertiary/aromatic N) is 1. The van der Waals surface area contributed by atoms with E-state index in [4.69, 9.17) is 9.68 Å². The van der Waals surface area contributed by atoms with Gasteiger partial charge in [0.2, 0.25) is 0 Å². The summed E-state index contributed by atoms with van der Waals surface area (Å²) >= 11 is 0. The summed E-state index contributed by atoms with van der Waals surface area (Å²) in [6.07, 6.45) is 0.792. The highest BCUT2D eigenvalue weighted by Gasteiger charge is 2.38. The van der Waals surface area contributed by atoms with Crippen LogP contribution >= 0.6 is 0 Å².